The van der Waals surface area contributed by atoms with E-state index in [1.54, 1.807) is 12.1 Å². The smallest absolute Gasteiger partial charge is 0.294 e. The van der Waals surface area contributed by atoms with Crippen molar-refractivity contribution in [3.63, 3.8) is 0 Å². The normalized spacial score (nSPS) is 20.1. The summed E-state index contributed by atoms with van der Waals surface area (Å²) in [5.74, 6) is -1.26. The van der Waals surface area contributed by atoms with Crippen molar-refractivity contribution in [1.82, 2.24) is 0 Å². The fourth-order valence-corrected chi connectivity index (χ4v) is 4.07. The van der Waals surface area contributed by atoms with Crippen LogP contribution in [0.1, 0.15) is 42.7 Å². The minimum atomic E-state index is -4.47. The zero-order valence-electron chi connectivity index (χ0n) is 15.3. The van der Waals surface area contributed by atoms with E-state index in [2.05, 4.69) is 0 Å². The Kier molecular flexibility index (Phi) is 4.76. The second kappa shape index (κ2) is 7.13. The molecule has 1 atom stereocenters. The Balaban J connectivity index is 1.79. The minimum absolute atomic E-state index is 0.00275. The van der Waals surface area contributed by atoms with Crippen LogP contribution in [-0.4, -0.2) is 11.7 Å². The molecule has 2 aliphatic rings. The van der Waals surface area contributed by atoms with Gasteiger partial charge in [-0.05, 0) is 54.8 Å². The number of benzene rings is 2. The van der Waals surface area contributed by atoms with E-state index in [-0.39, 0.29) is 18.1 Å². The highest BCUT2D eigenvalue weighted by Gasteiger charge is 2.40. The van der Waals surface area contributed by atoms with Gasteiger partial charge in [-0.1, -0.05) is 12.1 Å². The summed E-state index contributed by atoms with van der Waals surface area (Å²) in [5.41, 5.74) is 1.22. The maximum atomic E-state index is 13.3. The van der Waals surface area contributed by atoms with Gasteiger partial charge in [0, 0.05) is 35.7 Å². The molecule has 2 aromatic carbocycles. The first-order valence-electron chi connectivity index (χ1n) is 9.27. The van der Waals surface area contributed by atoms with Gasteiger partial charge in [-0.15, -0.1) is 0 Å². The van der Waals surface area contributed by atoms with Crippen LogP contribution in [0.15, 0.2) is 59.8 Å². The molecule has 2 aromatic rings. The lowest BCUT2D eigenvalue weighted by molar-refractivity contribution is -0.137. The number of allylic oxidation sites excluding steroid dienone is 2. The Bertz CT molecular complexity index is 991. The van der Waals surface area contributed by atoms with Crippen LogP contribution >= 0.6 is 0 Å². The third kappa shape index (κ3) is 3.57. The summed E-state index contributed by atoms with van der Waals surface area (Å²) in [6.07, 6.45) is -3.07. The first kappa shape index (κ1) is 19.4. The molecule has 4 rings (SSSR count). The van der Waals surface area contributed by atoms with Crippen molar-refractivity contribution in [2.24, 2.45) is 0 Å². The van der Waals surface area contributed by atoms with Crippen LogP contribution in [0.2, 0.25) is 0 Å². The molecule has 1 aliphatic carbocycles. The maximum Gasteiger partial charge on any atom is 0.416 e. The second-order valence-electron chi connectivity index (χ2n) is 7.22. The van der Waals surface area contributed by atoms with Crippen molar-refractivity contribution < 1.29 is 27.2 Å². The van der Waals surface area contributed by atoms with Crippen LogP contribution in [0.25, 0.3) is 0 Å². The summed E-state index contributed by atoms with van der Waals surface area (Å²) >= 11 is 0. The van der Waals surface area contributed by atoms with E-state index in [9.17, 15) is 27.2 Å². The summed E-state index contributed by atoms with van der Waals surface area (Å²) < 4.78 is 51.9. The molecule has 0 saturated heterocycles. The third-order valence-corrected chi connectivity index (χ3v) is 5.40. The average molecular weight is 403 g/mol. The van der Waals surface area contributed by atoms with E-state index in [1.807, 2.05) is 0 Å². The summed E-state index contributed by atoms with van der Waals surface area (Å²) in [7, 11) is 0. The molecule has 0 saturated carbocycles. The molecular formula is C22H17F4NO2. The van der Waals surface area contributed by atoms with E-state index >= 15 is 0 Å². The van der Waals surface area contributed by atoms with Crippen molar-refractivity contribution in [3.05, 3.63) is 76.7 Å². The van der Waals surface area contributed by atoms with Crippen molar-refractivity contribution in [2.45, 2.75) is 37.8 Å². The third-order valence-electron chi connectivity index (χ3n) is 5.40. The molecule has 0 N–H and O–H groups in total. The van der Waals surface area contributed by atoms with Gasteiger partial charge in [-0.3, -0.25) is 14.5 Å². The lowest BCUT2D eigenvalue weighted by atomic mass is 9.77. The van der Waals surface area contributed by atoms with Gasteiger partial charge >= 0.3 is 6.18 Å². The molecule has 3 nitrogen and oxygen atoms in total. The van der Waals surface area contributed by atoms with E-state index < -0.39 is 23.5 Å². The summed E-state index contributed by atoms with van der Waals surface area (Å²) in [4.78, 5) is 27.1. The van der Waals surface area contributed by atoms with Gasteiger partial charge in [0.15, 0.2) is 5.78 Å². The standard InChI is InChI=1S/C22H17F4NO2/c23-15-8-4-13(5-9-15)17-12-20(29)27(18-2-1-3-19(28)21(17)18)16-10-6-14(7-11-16)22(24,25)26/h4-11,17H,1-3,12H2. The molecule has 1 unspecified atom stereocenters. The number of halogens is 4. The second-order valence-corrected chi connectivity index (χ2v) is 7.22. The summed E-state index contributed by atoms with van der Waals surface area (Å²) in [6, 6.07) is 10.1. The monoisotopic (exact) mass is 403 g/mol. The topological polar surface area (TPSA) is 37.4 Å². The highest BCUT2D eigenvalue weighted by molar-refractivity contribution is 6.07. The molecule has 1 heterocycles. The lowest BCUT2D eigenvalue weighted by Gasteiger charge is -2.38. The Morgan fingerprint density at radius 3 is 2.17 bits per heavy atom. The summed E-state index contributed by atoms with van der Waals surface area (Å²) in [6.45, 7) is 0. The van der Waals surface area contributed by atoms with Crippen LogP contribution in [0.4, 0.5) is 23.2 Å². The average Bonchev–Trinajstić information content (AvgIpc) is 2.67. The first-order valence-corrected chi connectivity index (χ1v) is 9.27. The maximum absolute atomic E-state index is 13.3. The minimum Gasteiger partial charge on any atom is -0.294 e. The number of Topliss-reactive ketones (excluding diaryl/α,β-unsaturated/α-hetero) is 1. The van der Waals surface area contributed by atoms with Crippen molar-refractivity contribution >= 4 is 17.4 Å². The van der Waals surface area contributed by atoms with Crippen LogP contribution < -0.4 is 4.90 Å². The van der Waals surface area contributed by atoms with E-state index in [0.29, 0.717) is 41.8 Å². The van der Waals surface area contributed by atoms with Gasteiger partial charge in [-0.2, -0.15) is 13.2 Å². The lowest BCUT2D eigenvalue weighted by Crippen LogP contribution is -2.40. The molecule has 7 heteroatoms. The highest BCUT2D eigenvalue weighted by Crippen LogP contribution is 2.43. The van der Waals surface area contributed by atoms with Crippen molar-refractivity contribution in [2.75, 3.05) is 4.90 Å². The molecule has 1 amide bonds. The molecule has 1 aliphatic heterocycles. The van der Waals surface area contributed by atoms with E-state index in [0.717, 1.165) is 12.1 Å². The van der Waals surface area contributed by atoms with Gasteiger partial charge < -0.3 is 0 Å². The Morgan fingerprint density at radius 1 is 0.897 bits per heavy atom. The number of anilines is 1. The fraction of sp³-hybridized carbons (Fsp3) is 0.273. The number of rotatable bonds is 2. The quantitative estimate of drug-likeness (QED) is 0.632. The van der Waals surface area contributed by atoms with E-state index in [4.69, 9.17) is 0 Å². The van der Waals surface area contributed by atoms with Gasteiger partial charge in [0.1, 0.15) is 5.82 Å². The number of nitrogens with zero attached hydrogens (tertiary/aromatic N) is 1. The number of carbonyl (C=O) groups excluding carboxylic acids is 2. The molecule has 150 valence electrons. The zero-order valence-corrected chi connectivity index (χ0v) is 15.3. The van der Waals surface area contributed by atoms with Crippen molar-refractivity contribution in [3.8, 4) is 0 Å². The highest BCUT2D eigenvalue weighted by atomic mass is 19.4. The number of carbonyl (C=O) groups is 2. The summed E-state index contributed by atoms with van der Waals surface area (Å²) in [5, 5.41) is 0. The van der Waals surface area contributed by atoms with E-state index in [1.165, 1.54) is 29.2 Å². The number of amides is 1. The fourth-order valence-electron chi connectivity index (χ4n) is 4.07. The van der Waals surface area contributed by atoms with Crippen LogP contribution in [0.5, 0.6) is 0 Å². The number of hydrogen-bond acceptors (Lipinski definition) is 2. The van der Waals surface area contributed by atoms with Crippen LogP contribution in [-0.2, 0) is 15.8 Å². The molecule has 0 bridgehead atoms. The van der Waals surface area contributed by atoms with Crippen LogP contribution in [0, 0.1) is 5.82 Å². The molecule has 29 heavy (non-hydrogen) atoms. The van der Waals surface area contributed by atoms with Gasteiger partial charge in [0.2, 0.25) is 5.91 Å². The van der Waals surface area contributed by atoms with Crippen molar-refractivity contribution in [1.29, 1.82) is 0 Å². The van der Waals surface area contributed by atoms with Gasteiger partial charge in [0.05, 0.1) is 5.56 Å². The predicted molar refractivity (Wildman–Crippen MR) is 98.6 cm³/mol. The van der Waals surface area contributed by atoms with Gasteiger partial charge in [-0.25, -0.2) is 4.39 Å². The van der Waals surface area contributed by atoms with Crippen LogP contribution in [0.3, 0.4) is 0 Å². The molecule has 0 fully saturated rings. The molecular weight excluding hydrogens is 386 g/mol. The SMILES string of the molecule is O=C1CCCC2=C1C(c1ccc(F)cc1)CC(=O)N2c1ccc(C(F)(F)F)cc1. The number of alkyl halides is 3. The molecule has 0 aromatic heterocycles. The molecule has 0 radical (unpaired) electrons. The Labute approximate surface area is 164 Å². The largest absolute Gasteiger partial charge is 0.416 e. The Morgan fingerprint density at radius 2 is 1.55 bits per heavy atom. The number of hydrogen-bond donors (Lipinski definition) is 0. The Hall–Kier alpha value is -2.96. The zero-order chi connectivity index (χ0) is 20.8. The van der Waals surface area contributed by atoms with Gasteiger partial charge in [0.25, 0.3) is 0 Å². The predicted octanol–water partition coefficient (Wildman–Crippen LogP) is 5.37. The molecule has 0 spiro atoms. The number of ketones is 1. The first-order chi connectivity index (χ1) is 13.8.